The lowest BCUT2D eigenvalue weighted by Crippen LogP contribution is -2.40. The number of likely N-dealkylation sites (tertiary alicyclic amines) is 1. The summed E-state index contributed by atoms with van der Waals surface area (Å²) in [5.74, 6) is -0.420. The van der Waals surface area contributed by atoms with E-state index in [0.717, 1.165) is 13.0 Å². The lowest BCUT2D eigenvalue weighted by molar-refractivity contribution is -0.137. The fourth-order valence-corrected chi connectivity index (χ4v) is 2.26. The van der Waals surface area contributed by atoms with Crippen molar-refractivity contribution >= 4 is 23.8 Å². The van der Waals surface area contributed by atoms with Gasteiger partial charge in [0, 0.05) is 31.3 Å². The van der Waals surface area contributed by atoms with Gasteiger partial charge in [-0.05, 0) is 25.0 Å². The van der Waals surface area contributed by atoms with Crippen LogP contribution in [-0.2, 0) is 4.79 Å². The summed E-state index contributed by atoms with van der Waals surface area (Å²) in [6, 6.07) is -0.0197. The topological polar surface area (TPSA) is 69.6 Å². The molecule has 1 fully saturated rings. The van der Waals surface area contributed by atoms with Gasteiger partial charge in [0.25, 0.3) is 0 Å². The van der Waals surface area contributed by atoms with Gasteiger partial charge in [-0.1, -0.05) is 6.92 Å². The van der Waals surface area contributed by atoms with E-state index in [2.05, 4.69) is 12.2 Å². The number of thioether (sulfide) groups is 1. The summed E-state index contributed by atoms with van der Waals surface area (Å²) in [6.45, 7) is 4.18. The van der Waals surface area contributed by atoms with Crippen LogP contribution in [0.3, 0.4) is 0 Å². The number of nitrogens with zero attached hydrogens (tertiary/aromatic N) is 1. The molecule has 0 aromatic heterocycles. The SMILES string of the molecule is CSC(C)CNC(=O)N1CCC(CCC(=O)O)C1. The molecule has 1 heterocycles. The molecule has 1 rings (SSSR count). The van der Waals surface area contributed by atoms with E-state index >= 15 is 0 Å². The Morgan fingerprint density at radius 2 is 2.28 bits per heavy atom. The van der Waals surface area contributed by atoms with Gasteiger partial charge in [0.05, 0.1) is 0 Å². The molecule has 6 heteroatoms. The minimum Gasteiger partial charge on any atom is -0.481 e. The fraction of sp³-hybridized carbons (Fsp3) is 0.833. The number of urea groups is 1. The van der Waals surface area contributed by atoms with Crippen molar-refractivity contribution in [1.82, 2.24) is 10.2 Å². The molecule has 0 radical (unpaired) electrons. The van der Waals surface area contributed by atoms with Crippen molar-refractivity contribution in [2.24, 2.45) is 5.92 Å². The first-order chi connectivity index (χ1) is 8.52. The van der Waals surface area contributed by atoms with Gasteiger partial charge in [-0.2, -0.15) is 11.8 Å². The third kappa shape index (κ3) is 5.16. The molecule has 1 aliphatic heterocycles. The smallest absolute Gasteiger partial charge is 0.317 e. The summed E-state index contributed by atoms with van der Waals surface area (Å²) in [4.78, 5) is 24.1. The number of carboxylic acids is 1. The Hall–Kier alpha value is -0.910. The normalized spacial score (nSPS) is 20.8. The second-order valence-corrected chi connectivity index (χ2v) is 6.04. The maximum Gasteiger partial charge on any atom is 0.317 e. The predicted octanol–water partition coefficient (Wildman–Crippen LogP) is 1.63. The van der Waals surface area contributed by atoms with Crippen molar-refractivity contribution in [3.63, 3.8) is 0 Å². The molecule has 0 bridgehead atoms. The number of amides is 2. The number of rotatable bonds is 6. The van der Waals surface area contributed by atoms with Crippen LogP contribution in [-0.4, -0.2) is 53.1 Å². The van der Waals surface area contributed by atoms with Gasteiger partial charge in [-0.15, -0.1) is 0 Å². The highest BCUT2D eigenvalue weighted by Crippen LogP contribution is 2.20. The minimum absolute atomic E-state index is 0.0197. The quantitative estimate of drug-likeness (QED) is 0.772. The zero-order valence-corrected chi connectivity index (χ0v) is 11.8. The fourth-order valence-electron chi connectivity index (χ4n) is 2.01. The summed E-state index contributed by atoms with van der Waals surface area (Å²) in [6.07, 6.45) is 3.80. The first-order valence-electron chi connectivity index (χ1n) is 6.30. The zero-order valence-electron chi connectivity index (χ0n) is 11.0. The maximum absolute atomic E-state index is 11.8. The van der Waals surface area contributed by atoms with Crippen LogP contribution in [0.25, 0.3) is 0 Å². The van der Waals surface area contributed by atoms with Crippen molar-refractivity contribution in [2.75, 3.05) is 25.9 Å². The highest BCUT2D eigenvalue weighted by atomic mass is 32.2. The van der Waals surface area contributed by atoms with Crippen molar-refractivity contribution in [3.05, 3.63) is 0 Å². The van der Waals surface area contributed by atoms with E-state index in [4.69, 9.17) is 5.11 Å². The van der Waals surface area contributed by atoms with E-state index in [1.807, 2.05) is 6.26 Å². The van der Waals surface area contributed by atoms with Crippen LogP contribution in [0.5, 0.6) is 0 Å². The van der Waals surface area contributed by atoms with E-state index in [1.54, 1.807) is 16.7 Å². The van der Waals surface area contributed by atoms with Crippen molar-refractivity contribution < 1.29 is 14.7 Å². The molecule has 2 N–H and O–H groups in total. The van der Waals surface area contributed by atoms with Crippen LogP contribution < -0.4 is 5.32 Å². The van der Waals surface area contributed by atoms with Gasteiger partial charge in [0.15, 0.2) is 0 Å². The monoisotopic (exact) mass is 274 g/mol. The van der Waals surface area contributed by atoms with Gasteiger partial charge in [0.2, 0.25) is 0 Å². The van der Waals surface area contributed by atoms with Crippen LogP contribution in [0.1, 0.15) is 26.2 Å². The first kappa shape index (κ1) is 15.1. The second-order valence-electron chi connectivity index (χ2n) is 4.77. The van der Waals surface area contributed by atoms with Crippen LogP contribution in [0.15, 0.2) is 0 Å². The third-order valence-corrected chi connectivity index (χ3v) is 4.25. The molecule has 1 aliphatic rings. The van der Waals surface area contributed by atoms with Crippen LogP contribution in [0.2, 0.25) is 0 Å². The van der Waals surface area contributed by atoms with E-state index in [-0.39, 0.29) is 12.5 Å². The average molecular weight is 274 g/mol. The Bertz CT molecular complexity index is 299. The molecule has 5 nitrogen and oxygen atoms in total. The van der Waals surface area contributed by atoms with Gasteiger partial charge in [0.1, 0.15) is 0 Å². The summed E-state index contributed by atoms with van der Waals surface area (Å²) in [5, 5.41) is 12.0. The molecule has 0 saturated carbocycles. The Kier molecular flexibility index (Phi) is 6.32. The van der Waals surface area contributed by atoms with E-state index in [0.29, 0.717) is 30.7 Å². The molecule has 2 amide bonds. The van der Waals surface area contributed by atoms with Crippen LogP contribution >= 0.6 is 11.8 Å². The lowest BCUT2D eigenvalue weighted by Gasteiger charge is -2.18. The van der Waals surface area contributed by atoms with E-state index in [1.165, 1.54) is 0 Å². The largest absolute Gasteiger partial charge is 0.481 e. The molecule has 0 spiro atoms. The first-order valence-corrected chi connectivity index (χ1v) is 7.59. The number of carbonyl (C=O) groups excluding carboxylic acids is 1. The highest BCUT2D eigenvalue weighted by molar-refractivity contribution is 7.99. The summed E-state index contributed by atoms with van der Waals surface area (Å²) >= 11 is 1.72. The summed E-state index contributed by atoms with van der Waals surface area (Å²) < 4.78 is 0. The van der Waals surface area contributed by atoms with Crippen LogP contribution in [0, 0.1) is 5.92 Å². The Morgan fingerprint density at radius 1 is 1.56 bits per heavy atom. The zero-order chi connectivity index (χ0) is 13.5. The molecule has 0 aliphatic carbocycles. The number of carbonyl (C=O) groups is 2. The summed E-state index contributed by atoms with van der Waals surface area (Å²) in [7, 11) is 0. The molecule has 1 saturated heterocycles. The third-order valence-electron chi connectivity index (χ3n) is 3.28. The van der Waals surface area contributed by atoms with Gasteiger partial charge in [-0.25, -0.2) is 4.79 Å². The van der Waals surface area contributed by atoms with Gasteiger partial charge < -0.3 is 15.3 Å². The molecule has 2 unspecified atom stereocenters. The van der Waals surface area contributed by atoms with E-state index < -0.39 is 5.97 Å². The number of hydrogen-bond acceptors (Lipinski definition) is 3. The Balaban J connectivity index is 2.24. The van der Waals surface area contributed by atoms with Crippen molar-refractivity contribution in [2.45, 2.75) is 31.4 Å². The minimum atomic E-state index is -0.758. The maximum atomic E-state index is 11.8. The van der Waals surface area contributed by atoms with Crippen molar-refractivity contribution in [1.29, 1.82) is 0 Å². The molecular formula is C12H22N2O3S. The number of nitrogens with one attached hydrogen (secondary N) is 1. The number of hydrogen-bond donors (Lipinski definition) is 2. The molecule has 104 valence electrons. The molecule has 2 atom stereocenters. The predicted molar refractivity (Wildman–Crippen MR) is 72.9 cm³/mol. The van der Waals surface area contributed by atoms with E-state index in [9.17, 15) is 9.59 Å². The molecular weight excluding hydrogens is 252 g/mol. The standard InChI is InChI=1S/C12H22N2O3S/c1-9(18-2)7-13-12(17)14-6-5-10(8-14)3-4-11(15)16/h9-10H,3-8H2,1-2H3,(H,13,17)(H,15,16). The molecule has 0 aromatic rings. The molecule has 0 aromatic carbocycles. The van der Waals surface area contributed by atoms with Gasteiger partial charge in [-0.3, -0.25) is 4.79 Å². The second kappa shape index (κ2) is 7.51. The lowest BCUT2D eigenvalue weighted by atomic mass is 10.0. The average Bonchev–Trinajstić information content (AvgIpc) is 2.81. The van der Waals surface area contributed by atoms with Crippen molar-refractivity contribution in [3.8, 4) is 0 Å². The highest BCUT2D eigenvalue weighted by Gasteiger charge is 2.26. The van der Waals surface area contributed by atoms with Crippen LogP contribution in [0.4, 0.5) is 4.79 Å². The summed E-state index contributed by atoms with van der Waals surface area (Å²) in [5.41, 5.74) is 0. The molecule has 18 heavy (non-hydrogen) atoms. The Labute approximate surface area is 112 Å². The van der Waals surface area contributed by atoms with Gasteiger partial charge >= 0.3 is 12.0 Å². The number of carboxylic acid groups (broad SMARTS) is 1. The number of aliphatic carboxylic acids is 1. The Morgan fingerprint density at radius 3 is 2.89 bits per heavy atom.